The molecule has 1 N–H and O–H groups in total. The van der Waals surface area contributed by atoms with Crippen LogP contribution in [0.3, 0.4) is 0 Å². The van der Waals surface area contributed by atoms with E-state index in [1.165, 1.54) is 18.3 Å². The molecular weight excluding hydrogens is 360 g/mol. The van der Waals surface area contributed by atoms with E-state index in [4.69, 9.17) is 11.6 Å². The molecule has 0 atom stereocenters. The number of thiazole rings is 1. The number of aromatic nitrogens is 3. The Kier molecular flexibility index (Phi) is 4.69. The third-order valence-electron chi connectivity index (χ3n) is 3.64. The van der Waals surface area contributed by atoms with Gasteiger partial charge in [-0.1, -0.05) is 17.7 Å². The van der Waals surface area contributed by atoms with Gasteiger partial charge in [-0.15, -0.1) is 11.3 Å². The molecular formula is C17H15ClN4O2S. The van der Waals surface area contributed by atoms with Crippen molar-refractivity contribution >= 4 is 39.8 Å². The fourth-order valence-electron chi connectivity index (χ4n) is 2.32. The Morgan fingerprint density at radius 1 is 1.28 bits per heavy atom. The predicted octanol–water partition coefficient (Wildman–Crippen LogP) is 4.05. The number of hydrogen-bond donors (Lipinski definition) is 1. The molecule has 8 heteroatoms. The van der Waals surface area contributed by atoms with Crippen LogP contribution in [-0.4, -0.2) is 26.5 Å². The third kappa shape index (κ3) is 3.47. The number of benzene rings is 1. The molecule has 0 aliphatic heterocycles. The SMILES string of the molecule is CC(=O)c1csc(NC(=O)c2cccc(-n3nc(C)c(Cl)c3C)c2)n1. The Labute approximate surface area is 153 Å². The Morgan fingerprint density at radius 2 is 2.04 bits per heavy atom. The first-order valence-electron chi connectivity index (χ1n) is 7.47. The van der Waals surface area contributed by atoms with Gasteiger partial charge in [-0.2, -0.15) is 5.10 Å². The molecule has 0 saturated heterocycles. The first-order valence-corrected chi connectivity index (χ1v) is 8.72. The molecule has 1 amide bonds. The summed E-state index contributed by atoms with van der Waals surface area (Å²) in [4.78, 5) is 27.8. The highest BCUT2D eigenvalue weighted by molar-refractivity contribution is 7.14. The first kappa shape index (κ1) is 17.3. The monoisotopic (exact) mass is 374 g/mol. The van der Waals surface area contributed by atoms with Crippen molar-refractivity contribution < 1.29 is 9.59 Å². The lowest BCUT2D eigenvalue weighted by Crippen LogP contribution is -2.12. The number of halogens is 1. The van der Waals surface area contributed by atoms with Gasteiger partial charge >= 0.3 is 0 Å². The number of anilines is 1. The van der Waals surface area contributed by atoms with Crippen LogP contribution >= 0.6 is 22.9 Å². The summed E-state index contributed by atoms with van der Waals surface area (Å²) in [6.45, 7) is 5.13. The second kappa shape index (κ2) is 6.78. The van der Waals surface area contributed by atoms with Gasteiger partial charge in [0.1, 0.15) is 5.69 Å². The summed E-state index contributed by atoms with van der Waals surface area (Å²) < 4.78 is 1.70. The molecule has 25 heavy (non-hydrogen) atoms. The maximum atomic E-state index is 12.4. The molecule has 3 aromatic rings. The fourth-order valence-corrected chi connectivity index (χ4v) is 3.18. The zero-order chi connectivity index (χ0) is 18.1. The van der Waals surface area contributed by atoms with E-state index in [0.717, 1.165) is 17.1 Å². The highest BCUT2D eigenvalue weighted by Gasteiger charge is 2.14. The molecule has 0 spiro atoms. The number of amides is 1. The smallest absolute Gasteiger partial charge is 0.257 e. The van der Waals surface area contributed by atoms with Crippen LogP contribution in [0.15, 0.2) is 29.6 Å². The lowest BCUT2D eigenvalue weighted by atomic mass is 10.2. The van der Waals surface area contributed by atoms with Crippen molar-refractivity contribution in [3.8, 4) is 5.69 Å². The van der Waals surface area contributed by atoms with E-state index in [9.17, 15) is 9.59 Å². The number of aryl methyl sites for hydroxylation is 1. The highest BCUT2D eigenvalue weighted by atomic mass is 35.5. The van der Waals surface area contributed by atoms with Crippen molar-refractivity contribution in [3.63, 3.8) is 0 Å². The van der Waals surface area contributed by atoms with Crippen molar-refractivity contribution in [2.45, 2.75) is 20.8 Å². The Morgan fingerprint density at radius 3 is 2.64 bits per heavy atom. The number of carbonyl (C=O) groups is 2. The topological polar surface area (TPSA) is 76.9 Å². The standard InChI is InChI=1S/C17H15ClN4O2S/c1-9-15(18)10(2)22(21-9)13-6-4-5-12(7-13)16(24)20-17-19-14(8-25-17)11(3)23/h4-8H,1-3H3,(H,19,20,24). The molecule has 6 nitrogen and oxygen atoms in total. The molecule has 3 rings (SSSR count). The Balaban J connectivity index is 1.86. The van der Waals surface area contributed by atoms with E-state index in [0.29, 0.717) is 21.4 Å². The minimum atomic E-state index is -0.307. The zero-order valence-corrected chi connectivity index (χ0v) is 15.4. The van der Waals surface area contributed by atoms with E-state index >= 15 is 0 Å². The molecule has 0 aliphatic carbocycles. The summed E-state index contributed by atoms with van der Waals surface area (Å²) in [7, 11) is 0. The average molecular weight is 375 g/mol. The largest absolute Gasteiger partial charge is 0.298 e. The van der Waals surface area contributed by atoms with Gasteiger partial charge in [0.05, 0.1) is 22.1 Å². The molecule has 2 heterocycles. The molecule has 0 saturated carbocycles. The molecule has 2 aromatic heterocycles. The molecule has 0 radical (unpaired) electrons. The molecule has 0 bridgehead atoms. The van der Waals surface area contributed by atoms with Crippen molar-refractivity contribution in [2.75, 3.05) is 5.32 Å². The van der Waals surface area contributed by atoms with Gasteiger partial charge in [0.25, 0.3) is 5.91 Å². The summed E-state index contributed by atoms with van der Waals surface area (Å²) in [6, 6.07) is 7.05. The van der Waals surface area contributed by atoms with E-state index in [-0.39, 0.29) is 11.7 Å². The van der Waals surface area contributed by atoms with Crippen LogP contribution in [0.1, 0.15) is 39.2 Å². The Bertz CT molecular complexity index is 977. The lowest BCUT2D eigenvalue weighted by Gasteiger charge is -2.07. The van der Waals surface area contributed by atoms with Gasteiger partial charge in [-0.05, 0) is 32.0 Å². The number of carbonyl (C=O) groups excluding carboxylic acids is 2. The van der Waals surface area contributed by atoms with Crippen LogP contribution < -0.4 is 5.32 Å². The minimum absolute atomic E-state index is 0.139. The van der Waals surface area contributed by atoms with E-state index in [2.05, 4.69) is 15.4 Å². The second-order valence-corrected chi connectivity index (χ2v) is 6.73. The number of Topliss-reactive ketones (excluding diaryl/α,β-unsaturated/α-hetero) is 1. The van der Waals surface area contributed by atoms with Gasteiger partial charge in [0.2, 0.25) is 0 Å². The first-order chi connectivity index (χ1) is 11.9. The predicted molar refractivity (Wildman–Crippen MR) is 98.1 cm³/mol. The summed E-state index contributed by atoms with van der Waals surface area (Å²) >= 11 is 7.40. The summed E-state index contributed by atoms with van der Waals surface area (Å²) in [5.41, 5.74) is 3.08. The number of nitrogens with zero attached hydrogens (tertiary/aromatic N) is 3. The van der Waals surface area contributed by atoms with Crippen LogP contribution in [0.5, 0.6) is 0 Å². The molecule has 0 fully saturated rings. The van der Waals surface area contributed by atoms with E-state index < -0.39 is 0 Å². The molecule has 128 valence electrons. The molecule has 1 aromatic carbocycles. The van der Waals surface area contributed by atoms with Gasteiger partial charge in [0, 0.05) is 17.9 Å². The van der Waals surface area contributed by atoms with Crippen LogP contribution in [0.2, 0.25) is 5.02 Å². The average Bonchev–Trinajstić information content (AvgIpc) is 3.16. The van der Waals surface area contributed by atoms with Gasteiger partial charge in [-0.3, -0.25) is 14.9 Å². The van der Waals surface area contributed by atoms with E-state index in [1.54, 1.807) is 28.3 Å². The van der Waals surface area contributed by atoms with E-state index in [1.807, 2.05) is 19.9 Å². The quantitative estimate of drug-likeness (QED) is 0.699. The summed E-state index contributed by atoms with van der Waals surface area (Å²) in [6.07, 6.45) is 0. The summed E-state index contributed by atoms with van der Waals surface area (Å²) in [5.74, 6) is -0.445. The van der Waals surface area contributed by atoms with Crippen LogP contribution in [-0.2, 0) is 0 Å². The molecule has 0 unspecified atom stereocenters. The van der Waals surface area contributed by atoms with Gasteiger partial charge in [0.15, 0.2) is 10.9 Å². The van der Waals surface area contributed by atoms with Crippen molar-refractivity contribution in [3.05, 3.63) is 57.3 Å². The maximum absolute atomic E-state index is 12.4. The van der Waals surface area contributed by atoms with Crippen LogP contribution in [0.4, 0.5) is 5.13 Å². The molecule has 0 aliphatic rings. The number of ketones is 1. The number of rotatable bonds is 4. The maximum Gasteiger partial charge on any atom is 0.257 e. The Hall–Kier alpha value is -2.51. The zero-order valence-electron chi connectivity index (χ0n) is 13.8. The van der Waals surface area contributed by atoms with Crippen molar-refractivity contribution in [1.82, 2.24) is 14.8 Å². The van der Waals surface area contributed by atoms with Gasteiger partial charge in [-0.25, -0.2) is 9.67 Å². The summed E-state index contributed by atoms with van der Waals surface area (Å²) in [5, 5.41) is 9.70. The fraction of sp³-hybridized carbons (Fsp3) is 0.176. The second-order valence-electron chi connectivity index (χ2n) is 5.50. The van der Waals surface area contributed by atoms with Crippen LogP contribution in [0, 0.1) is 13.8 Å². The third-order valence-corrected chi connectivity index (χ3v) is 4.95. The van der Waals surface area contributed by atoms with Crippen LogP contribution in [0.25, 0.3) is 5.69 Å². The van der Waals surface area contributed by atoms with Gasteiger partial charge < -0.3 is 0 Å². The van der Waals surface area contributed by atoms with Crippen molar-refractivity contribution in [2.24, 2.45) is 0 Å². The lowest BCUT2D eigenvalue weighted by molar-refractivity contribution is 0.100. The number of hydrogen-bond acceptors (Lipinski definition) is 5. The van der Waals surface area contributed by atoms with Crippen molar-refractivity contribution in [1.29, 1.82) is 0 Å². The highest BCUT2D eigenvalue weighted by Crippen LogP contribution is 2.23. The normalized spacial score (nSPS) is 10.7. The number of nitrogens with one attached hydrogen (secondary N) is 1. The minimum Gasteiger partial charge on any atom is -0.298 e.